The number of aliphatic hydroxyl groups excluding tert-OH is 13. The van der Waals surface area contributed by atoms with Crippen LogP contribution in [0.3, 0.4) is 0 Å². The summed E-state index contributed by atoms with van der Waals surface area (Å²) in [5.74, 6) is -0.700. The average molecular weight is 708 g/mol. The van der Waals surface area contributed by atoms with Gasteiger partial charge in [0.15, 0.2) is 25.2 Å². The van der Waals surface area contributed by atoms with Crippen LogP contribution in [0, 0.1) is 0 Å². The van der Waals surface area contributed by atoms with Gasteiger partial charge in [0.05, 0.1) is 26.4 Å². The van der Waals surface area contributed by atoms with Gasteiger partial charge in [-0.1, -0.05) is 0 Å². The van der Waals surface area contributed by atoms with Gasteiger partial charge in [-0.25, -0.2) is 0 Å². The second-order valence-electron chi connectivity index (χ2n) is 11.9. The largest absolute Gasteiger partial charge is 0.394 e. The fourth-order valence-electron chi connectivity index (χ4n) is 5.82. The molecule has 14 N–H and O–H groups in total. The van der Waals surface area contributed by atoms with E-state index in [0.717, 1.165) is 6.92 Å². The molecule has 0 unspecified atom stereocenters. The number of nitrogens with one attached hydrogen (secondary N) is 1. The first kappa shape index (κ1) is 39.5. The highest BCUT2D eigenvalue weighted by atomic mass is 16.8. The van der Waals surface area contributed by atoms with Crippen molar-refractivity contribution in [2.24, 2.45) is 0 Å². The van der Waals surface area contributed by atoms with E-state index in [2.05, 4.69) is 5.32 Å². The quantitative estimate of drug-likeness (QED) is 0.0947. The summed E-state index contributed by atoms with van der Waals surface area (Å²) in [6, 6.07) is -1.53. The third-order valence-electron chi connectivity index (χ3n) is 8.59. The Morgan fingerprint density at radius 3 is 1.44 bits per heavy atom. The van der Waals surface area contributed by atoms with E-state index in [0.29, 0.717) is 0 Å². The lowest BCUT2D eigenvalue weighted by molar-refractivity contribution is -0.375. The van der Waals surface area contributed by atoms with Crippen LogP contribution in [-0.4, -0.2) is 221 Å². The maximum atomic E-state index is 11.8. The van der Waals surface area contributed by atoms with Crippen LogP contribution in [0.1, 0.15) is 6.92 Å². The normalized spacial score (nSPS) is 50.2. The van der Waals surface area contributed by atoms with Crippen molar-refractivity contribution in [1.29, 1.82) is 0 Å². The maximum Gasteiger partial charge on any atom is 0.217 e. The van der Waals surface area contributed by atoms with Crippen molar-refractivity contribution in [3.8, 4) is 0 Å². The van der Waals surface area contributed by atoms with E-state index < -0.39 is 155 Å². The summed E-state index contributed by atoms with van der Waals surface area (Å²) in [6.07, 6.45) is -33.5. The molecular weight excluding hydrogens is 662 g/mol. The van der Waals surface area contributed by atoms with E-state index in [4.69, 9.17) is 33.2 Å². The van der Waals surface area contributed by atoms with Crippen LogP contribution in [0.2, 0.25) is 0 Å². The molecule has 0 radical (unpaired) electrons. The summed E-state index contributed by atoms with van der Waals surface area (Å²) in [5, 5.41) is 136. The SMILES string of the molecule is CC(=O)N[C@@H]1[C@@H](O)[C@H](O[C@@H]2O[C@H](CO)[C@H](O)[C@H](O)[C@H]2O)[C@@H](CO[C@@H]2O[C@H](CO)[C@H](O)[C@H](O)[C@H]2O[C@@H]2O[C@H](CO)[C@H](O)[C@H](O)[C@H]2O)O[C@@H]1O. The zero-order valence-corrected chi connectivity index (χ0v) is 25.5. The Labute approximate surface area is 272 Å². The lowest BCUT2D eigenvalue weighted by atomic mass is 9.95. The van der Waals surface area contributed by atoms with Crippen LogP contribution >= 0.6 is 0 Å². The highest BCUT2D eigenvalue weighted by Crippen LogP contribution is 2.32. The molecule has 22 heteroatoms. The zero-order valence-electron chi connectivity index (χ0n) is 25.5. The molecule has 4 heterocycles. The molecule has 4 aliphatic rings. The topological polar surface area (TPSA) is 357 Å². The minimum absolute atomic E-state index is 0.700. The molecule has 48 heavy (non-hydrogen) atoms. The van der Waals surface area contributed by atoms with Crippen molar-refractivity contribution < 1.29 is 104 Å². The van der Waals surface area contributed by atoms with Gasteiger partial charge >= 0.3 is 0 Å². The highest BCUT2D eigenvalue weighted by Gasteiger charge is 2.54. The third-order valence-corrected chi connectivity index (χ3v) is 8.59. The standard InChI is InChI=1S/C26H45NO21/c1-6(31)27-11-15(35)21(47-24-19(39)16(36)12(32)7(2-28)44-24)10(43-23(11)41)5-42-26-22(18(38)14(34)9(4-30)46-26)48-25-20(40)17(37)13(33)8(3-29)45-25/h7-26,28-30,32-41H,2-5H2,1H3,(H,27,31)/t7-,8-,9-,10-,11-,12+,13+,14+,15-,16+,17+,18+,19-,20-,21-,22-,23+,24+,25+,26-/m1/s1. The molecule has 4 rings (SSSR count). The lowest BCUT2D eigenvalue weighted by Crippen LogP contribution is -2.68. The van der Waals surface area contributed by atoms with Crippen LogP contribution in [0.25, 0.3) is 0 Å². The molecule has 0 aromatic carbocycles. The van der Waals surface area contributed by atoms with E-state index in [-0.39, 0.29) is 0 Å². The van der Waals surface area contributed by atoms with Crippen molar-refractivity contribution in [3.63, 3.8) is 0 Å². The Morgan fingerprint density at radius 2 is 0.979 bits per heavy atom. The van der Waals surface area contributed by atoms with Crippen LogP contribution in [-0.2, 0) is 38.0 Å². The van der Waals surface area contributed by atoms with Crippen molar-refractivity contribution in [2.45, 2.75) is 130 Å². The average Bonchev–Trinajstić information content (AvgIpc) is 3.06. The molecule has 0 aromatic rings. The van der Waals surface area contributed by atoms with Crippen LogP contribution in [0.4, 0.5) is 0 Å². The van der Waals surface area contributed by atoms with E-state index in [1.54, 1.807) is 0 Å². The van der Waals surface area contributed by atoms with E-state index in [1.165, 1.54) is 0 Å². The third kappa shape index (κ3) is 8.24. The van der Waals surface area contributed by atoms with Crippen molar-refractivity contribution in [2.75, 3.05) is 26.4 Å². The van der Waals surface area contributed by atoms with Gasteiger partial charge in [-0.05, 0) is 0 Å². The van der Waals surface area contributed by atoms with Gasteiger partial charge < -0.3 is 105 Å². The van der Waals surface area contributed by atoms with Gasteiger partial charge in [-0.15, -0.1) is 0 Å². The van der Waals surface area contributed by atoms with E-state index in [1.807, 2.05) is 0 Å². The molecule has 4 saturated heterocycles. The number of carbonyl (C=O) groups excluding carboxylic acids is 1. The molecule has 22 nitrogen and oxygen atoms in total. The van der Waals surface area contributed by atoms with Gasteiger partial charge in [0.2, 0.25) is 5.91 Å². The Bertz CT molecular complexity index is 1030. The Morgan fingerprint density at radius 1 is 0.542 bits per heavy atom. The van der Waals surface area contributed by atoms with Crippen molar-refractivity contribution >= 4 is 5.91 Å². The van der Waals surface area contributed by atoms with Crippen LogP contribution in [0.15, 0.2) is 0 Å². The molecule has 20 atom stereocenters. The Kier molecular flexibility index (Phi) is 13.8. The second-order valence-corrected chi connectivity index (χ2v) is 11.9. The molecular formula is C26H45NO21. The number of rotatable bonds is 11. The first-order chi connectivity index (χ1) is 22.6. The number of hydrogen-bond donors (Lipinski definition) is 14. The first-order valence-corrected chi connectivity index (χ1v) is 15.1. The minimum atomic E-state index is -1.95. The summed E-state index contributed by atoms with van der Waals surface area (Å²) in [7, 11) is 0. The fourth-order valence-corrected chi connectivity index (χ4v) is 5.82. The summed E-state index contributed by atoms with van der Waals surface area (Å²) in [6.45, 7) is -2.16. The van der Waals surface area contributed by atoms with E-state index in [9.17, 15) is 71.2 Å². The molecule has 1 amide bonds. The summed E-state index contributed by atoms with van der Waals surface area (Å²) in [4.78, 5) is 11.8. The number of amides is 1. The molecule has 4 aliphatic heterocycles. The summed E-state index contributed by atoms with van der Waals surface area (Å²) in [5.41, 5.74) is 0. The number of carbonyl (C=O) groups is 1. The molecule has 0 aliphatic carbocycles. The second kappa shape index (κ2) is 16.8. The predicted octanol–water partition coefficient (Wildman–Crippen LogP) is -9.61. The molecule has 4 fully saturated rings. The lowest BCUT2D eigenvalue weighted by Gasteiger charge is -2.48. The fraction of sp³-hybridized carbons (Fsp3) is 0.962. The smallest absolute Gasteiger partial charge is 0.217 e. The number of hydrogen-bond acceptors (Lipinski definition) is 21. The molecule has 0 saturated carbocycles. The van der Waals surface area contributed by atoms with Crippen LogP contribution < -0.4 is 5.32 Å². The molecule has 0 bridgehead atoms. The Balaban J connectivity index is 1.57. The van der Waals surface area contributed by atoms with Crippen molar-refractivity contribution in [1.82, 2.24) is 5.32 Å². The van der Waals surface area contributed by atoms with Gasteiger partial charge in [0, 0.05) is 6.92 Å². The predicted molar refractivity (Wildman–Crippen MR) is 145 cm³/mol. The number of ether oxygens (including phenoxy) is 7. The van der Waals surface area contributed by atoms with Gasteiger partial charge in [-0.2, -0.15) is 0 Å². The highest BCUT2D eigenvalue weighted by molar-refractivity contribution is 5.73. The summed E-state index contributed by atoms with van der Waals surface area (Å²) < 4.78 is 38.8. The molecule has 0 spiro atoms. The van der Waals surface area contributed by atoms with Gasteiger partial charge in [-0.3, -0.25) is 4.79 Å². The van der Waals surface area contributed by atoms with Gasteiger partial charge in [0.1, 0.15) is 97.6 Å². The summed E-state index contributed by atoms with van der Waals surface area (Å²) >= 11 is 0. The first-order valence-electron chi connectivity index (χ1n) is 15.1. The Hall–Kier alpha value is -1.33. The number of aliphatic hydroxyl groups is 13. The van der Waals surface area contributed by atoms with Crippen molar-refractivity contribution in [3.05, 3.63) is 0 Å². The zero-order chi connectivity index (χ0) is 35.6. The monoisotopic (exact) mass is 707 g/mol. The van der Waals surface area contributed by atoms with E-state index >= 15 is 0 Å². The molecule has 0 aromatic heterocycles. The molecule has 280 valence electrons. The van der Waals surface area contributed by atoms with Gasteiger partial charge in [0.25, 0.3) is 0 Å². The maximum absolute atomic E-state index is 11.8. The minimum Gasteiger partial charge on any atom is -0.394 e. The van der Waals surface area contributed by atoms with Crippen LogP contribution in [0.5, 0.6) is 0 Å².